The van der Waals surface area contributed by atoms with Gasteiger partial charge in [0.15, 0.2) is 11.2 Å². The van der Waals surface area contributed by atoms with E-state index in [0.29, 0.717) is 6.61 Å². The topological polar surface area (TPSA) is 46.3 Å². The van der Waals surface area contributed by atoms with Crippen LogP contribution < -0.4 is 5.32 Å². The maximum atomic E-state index is 7.04. The molecule has 0 bridgehead atoms. The fourth-order valence-electron chi connectivity index (χ4n) is 6.07. The Hall–Kier alpha value is -2.54. The highest BCUT2D eigenvalue weighted by molar-refractivity contribution is 5.44. The minimum Gasteiger partial charge on any atom is -0.348 e. The average Bonchev–Trinajstić information content (AvgIpc) is 3.41. The van der Waals surface area contributed by atoms with Gasteiger partial charge in [-0.1, -0.05) is 91.0 Å². The lowest BCUT2D eigenvalue weighted by Gasteiger charge is -2.53. The van der Waals surface area contributed by atoms with Crippen molar-refractivity contribution in [3.63, 3.8) is 0 Å². The standard InChI is InChI=1S/C30H34N2O3/c1-26(2)21-33-30(31-26)28(5)29(34-28,24-19-13-8-14-20-24)25(22-15-9-6-10-16-22)32(35-30)27(3,4)23-17-11-7-12-18-23/h6-20,25,31H,21H2,1-5H3/t25-,28-,29-,30+/m0/s1. The molecular formula is C30H34N2O3. The van der Waals surface area contributed by atoms with Gasteiger partial charge in [0.05, 0.1) is 18.2 Å². The van der Waals surface area contributed by atoms with Crippen molar-refractivity contribution in [1.82, 2.24) is 10.4 Å². The zero-order valence-electron chi connectivity index (χ0n) is 21.1. The van der Waals surface area contributed by atoms with Gasteiger partial charge in [0, 0.05) is 5.54 Å². The number of hydrogen-bond acceptors (Lipinski definition) is 5. The lowest BCUT2D eigenvalue weighted by atomic mass is 9.74. The van der Waals surface area contributed by atoms with Crippen molar-refractivity contribution in [2.24, 2.45) is 0 Å². The lowest BCUT2D eigenvalue weighted by Crippen LogP contribution is -2.69. The summed E-state index contributed by atoms with van der Waals surface area (Å²) >= 11 is 0. The number of epoxide rings is 1. The molecule has 5 nitrogen and oxygen atoms in total. The predicted molar refractivity (Wildman–Crippen MR) is 135 cm³/mol. The Balaban J connectivity index is 1.60. The molecule has 5 heteroatoms. The van der Waals surface area contributed by atoms with E-state index in [1.165, 1.54) is 0 Å². The second-order valence-corrected chi connectivity index (χ2v) is 11.3. The molecule has 4 atom stereocenters. The number of nitrogens with zero attached hydrogens (tertiary/aromatic N) is 1. The van der Waals surface area contributed by atoms with Crippen LogP contribution in [-0.4, -0.2) is 28.7 Å². The van der Waals surface area contributed by atoms with Crippen LogP contribution in [0.3, 0.4) is 0 Å². The summed E-state index contributed by atoms with van der Waals surface area (Å²) in [5, 5.41) is 5.81. The smallest absolute Gasteiger partial charge is 0.279 e. The number of ether oxygens (including phenoxy) is 2. The molecule has 0 aliphatic carbocycles. The Labute approximate surface area is 208 Å². The molecule has 0 aromatic heterocycles. The number of rotatable bonds is 4. The summed E-state index contributed by atoms with van der Waals surface area (Å²) in [5.41, 5.74) is 1.20. The van der Waals surface area contributed by atoms with E-state index in [9.17, 15) is 0 Å². The minimum absolute atomic E-state index is 0.217. The molecule has 3 heterocycles. The van der Waals surface area contributed by atoms with Crippen molar-refractivity contribution in [3.8, 4) is 0 Å². The second kappa shape index (κ2) is 7.48. The van der Waals surface area contributed by atoms with Crippen LogP contribution in [0.1, 0.15) is 57.4 Å². The van der Waals surface area contributed by atoms with E-state index in [2.05, 4.69) is 118 Å². The third-order valence-corrected chi connectivity index (χ3v) is 8.00. The van der Waals surface area contributed by atoms with Crippen LogP contribution in [-0.2, 0) is 25.5 Å². The van der Waals surface area contributed by atoms with Crippen LogP contribution in [0.15, 0.2) is 91.0 Å². The van der Waals surface area contributed by atoms with Gasteiger partial charge in [-0.05, 0) is 51.3 Å². The summed E-state index contributed by atoms with van der Waals surface area (Å²) in [4.78, 5) is 7.04. The maximum absolute atomic E-state index is 7.04. The van der Waals surface area contributed by atoms with Gasteiger partial charge in [-0.25, -0.2) is 4.84 Å². The SMILES string of the molecule is CC1(C)CO[C@@]2(N1)ON(C(C)(C)c1ccccc1)[C@@H](c1ccccc1)[C@]1(c3ccccc3)O[C@]21C. The van der Waals surface area contributed by atoms with Crippen LogP contribution in [0, 0.1) is 0 Å². The van der Waals surface area contributed by atoms with E-state index in [1.807, 2.05) is 18.2 Å². The van der Waals surface area contributed by atoms with E-state index in [1.54, 1.807) is 0 Å². The van der Waals surface area contributed by atoms with Crippen LogP contribution >= 0.6 is 0 Å². The average molecular weight is 471 g/mol. The highest BCUT2D eigenvalue weighted by Gasteiger charge is 2.87. The molecule has 3 aliphatic heterocycles. The van der Waals surface area contributed by atoms with Crippen molar-refractivity contribution >= 4 is 0 Å². The molecule has 3 aliphatic rings. The molecule has 0 saturated carbocycles. The van der Waals surface area contributed by atoms with Gasteiger partial charge in [0.1, 0.15) is 0 Å². The molecule has 6 rings (SSSR count). The molecule has 0 radical (unpaired) electrons. The number of benzene rings is 3. The number of nitrogens with one attached hydrogen (secondary N) is 1. The van der Waals surface area contributed by atoms with Gasteiger partial charge in [-0.15, -0.1) is 0 Å². The molecule has 35 heavy (non-hydrogen) atoms. The van der Waals surface area contributed by atoms with E-state index in [4.69, 9.17) is 14.3 Å². The molecule has 182 valence electrons. The van der Waals surface area contributed by atoms with Crippen LogP contribution in [0.5, 0.6) is 0 Å². The molecular weight excluding hydrogens is 436 g/mol. The van der Waals surface area contributed by atoms with Crippen molar-refractivity contribution in [3.05, 3.63) is 108 Å². The first-order valence-corrected chi connectivity index (χ1v) is 12.4. The van der Waals surface area contributed by atoms with Crippen molar-refractivity contribution in [2.75, 3.05) is 6.61 Å². The Kier molecular flexibility index (Phi) is 4.89. The Bertz CT molecular complexity index is 1220. The first-order chi connectivity index (χ1) is 16.7. The van der Waals surface area contributed by atoms with Gasteiger partial charge in [0.2, 0.25) is 0 Å². The maximum Gasteiger partial charge on any atom is 0.279 e. The molecule has 1 N–H and O–H groups in total. The molecule has 0 amide bonds. The lowest BCUT2D eigenvalue weighted by molar-refractivity contribution is -0.416. The summed E-state index contributed by atoms with van der Waals surface area (Å²) in [7, 11) is 0. The first kappa shape index (κ1) is 22.9. The Morgan fingerprint density at radius 3 is 1.97 bits per heavy atom. The molecule has 3 saturated heterocycles. The third kappa shape index (κ3) is 3.13. The summed E-state index contributed by atoms with van der Waals surface area (Å²) in [5.74, 6) is -1.14. The molecule has 3 aromatic carbocycles. The first-order valence-electron chi connectivity index (χ1n) is 12.4. The Morgan fingerprint density at radius 1 is 0.829 bits per heavy atom. The minimum atomic E-state index is -1.14. The fourth-order valence-corrected chi connectivity index (χ4v) is 6.07. The second-order valence-electron chi connectivity index (χ2n) is 11.3. The van der Waals surface area contributed by atoms with Crippen molar-refractivity contribution < 1.29 is 14.3 Å². The normalized spacial score (nSPS) is 34.0. The van der Waals surface area contributed by atoms with E-state index >= 15 is 0 Å². The number of hydroxylamine groups is 2. The van der Waals surface area contributed by atoms with Crippen LogP contribution in [0.25, 0.3) is 0 Å². The molecule has 3 aromatic rings. The van der Waals surface area contributed by atoms with Gasteiger partial charge in [0.25, 0.3) is 5.91 Å². The number of fused-ring (bicyclic) bond motifs is 2. The highest BCUT2D eigenvalue weighted by atomic mass is 16.9. The summed E-state index contributed by atoms with van der Waals surface area (Å²) in [6.45, 7) is 11.3. The zero-order valence-corrected chi connectivity index (χ0v) is 21.1. The molecule has 0 unspecified atom stereocenters. The van der Waals surface area contributed by atoms with E-state index in [-0.39, 0.29) is 11.6 Å². The molecule has 3 fully saturated rings. The van der Waals surface area contributed by atoms with E-state index < -0.39 is 22.7 Å². The van der Waals surface area contributed by atoms with Gasteiger partial charge in [-0.2, -0.15) is 5.06 Å². The van der Waals surface area contributed by atoms with E-state index in [0.717, 1.165) is 16.7 Å². The van der Waals surface area contributed by atoms with Gasteiger partial charge in [-0.3, -0.25) is 5.32 Å². The zero-order chi connectivity index (χ0) is 24.5. The summed E-state index contributed by atoms with van der Waals surface area (Å²) in [6.07, 6.45) is 0. The highest BCUT2D eigenvalue weighted by Crippen LogP contribution is 2.73. The van der Waals surface area contributed by atoms with Crippen LogP contribution in [0.4, 0.5) is 0 Å². The van der Waals surface area contributed by atoms with Gasteiger partial charge >= 0.3 is 0 Å². The summed E-state index contributed by atoms with van der Waals surface area (Å²) < 4.78 is 13.5. The Morgan fingerprint density at radius 2 is 1.40 bits per heavy atom. The number of hydrogen-bond donors (Lipinski definition) is 1. The van der Waals surface area contributed by atoms with Gasteiger partial charge < -0.3 is 9.47 Å². The predicted octanol–water partition coefficient (Wildman–Crippen LogP) is 5.65. The largest absolute Gasteiger partial charge is 0.348 e. The van der Waals surface area contributed by atoms with Crippen LogP contribution in [0.2, 0.25) is 0 Å². The van der Waals surface area contributed by atoms with Crippen molar-refractivity contribution in [1.29, 1.82) is 0 Å². The fraction of sp³-hybridized carbons (Fsp3) is 0.400. The summed E-state index contributed by atoms with van der Waals surface area (Å²) in [6, 6.07) is 31.4. The monoisotopic (exact) mass is 470 g/mol. The third-order valence-electron chi connectivity index (χ3n) is 8.00. The quantitative estimate of drug-likeness (QED) is 0.500. The molecule has 1 spiro atoms. The van der Waals surface area contributed by atoms with Crippen molar-refractivity contribution in [2.45, 2.75) is 68.9 Å².